The highest BCUT2D eigenvalue weighted by atomic mass is 32.2. The maximum absolute atomic E-state index is 6.08. The van der Waals surface area contributed by atoms with E-state index < -0.39 is 0 Å². The van der Waals surface area contributed by atoms with Crippen LogP contribution in [0.3, 0.4) is 0 Å². The van der Waals surface area contributed by atoms with E-state index in [1.807, 2.05) is 30.3 Å². The largest absolute Gasteiger partial charge is 0.399 e. The summed E-state index contributed by atoms with van der Waals surface area (Å²) in [6.07, 6.45) is 1.80. The Morgan fingerprint density at radius 3 is 2.58 bits per heavy atom. The van der Waals surface area contributed by atoms with E-state index >= 15 is 0 Å². The third-order valence-corrected chi connectivity index (χ3v) is 7.80. The zero-order valence-corrected chi connectivity index (χ0v) is 21.2. The number of anilines is 4. The van der Waals surface area contributed by atoms with Crippen molar-refractivity contribution < 1.29 is 0 Å². The first-order valence-electron chi connectivity index (χ1n) is 12.4. The van der Waals surface area contributed by atoms with Gasteiger partial charge in [0.2, 0.25) is 5.95 Å². The summed E-state index contributed by atoms with van der Waals surface area (Å²) in [7, 11) is 0. The average Bonchev–Trinajstić information content (AvgIpc) is 3.51. The molecule has 0 spiro atoms. The van der Waals surface area contributed by atoms with Gasteiger partial charge < -0.3 is 25.4 Å². The summed E-state index contributed by atoms with van der Waals surface area (Å²) in [5.74, 6) is 1.58. The van der Waals surface area contributed by atoms with Crippen molar-refractivity contribution in [2.75, 3.05) is 54.4 Å². The predicted molar refractivity (Wildman–Crippen MR) is 148 cm³/mol. The van der Waals surface area contributed by atoms with Crippen LogP contribution in [-0.2, 0) is 6.54 Å². The van der Waals surface area contributed by atoms with Gasteiger partial charge in [-0.2, -0.15) is 0 Å². The van der Waals surface area contributed by atoms with Crippen LogP contribution in [0.1, 0.15) is 6.92 Å². The van der Waals surface area contributed by atoms with Crippen LogP contribution in [-0.4, -0.2) is 62.9 Å². The highest BCUT2D eigenvalue weighted by Crippen LogP contribution is 2.39. The van der Waals surface area contributed by atoms with Gasteiger partial charge in [0.05, 0.1) is 17.1 Å². The van der Waals surface area contributed by atoms with Crippen molar-refractivity contribution in [3.8, 4) is 22.6 Å². The number of benzene rings is 2. The minimum atomic E-state index is 0.566. The van der Waals surface area contributed by atoms with Gasteiger partial charge in [0.15, 0.2) is 5.16 Å². The molecule has 0 aliphatic carbocycles. The van der Waals surface area contributed by atoms with Gasteiger partial charge in [-0.3, -0.25) is 0 Å². The van der Waals surface area contributed by atoms with Crippen molar-refractivity contribution in [3.05, 3.63) is 60.8 Å². The first kappa shape index (κ1) is 22.9. The molecule has 0 amide bonds. The molecule has 2 aromatic heterocycles. The lowest BCUT2D eigenvalue weighted by Gasteiger charge is -2.35. The van der Waals surface area contributed by atoms with E-state index in [0.717, 1.165) is 84.2 Å². The molecule has 3 N–H and O–H groups in total. The minimum absolute atomic E-state index is 0.566. The lowest BCUT2D eigenvalue weighted by Crippen LogP contribution is -2.46. The molecular weight excluding hydrogens is 468 g/mol. The van der Waals surface area contributed by atoms with E-state index in [2.05, 4.69) is 55.9 Å². The summed E-state index contributed by atoms with van der Waals surface area (Å²) < 4.78 is 2.25. The number of nitrogens with zero attached hydrogens (tertiary/aromatic N) is 6. The zero-order valence-electron chi connectivity index (χ0n) is 20.4. The van der Waals surface area contributed by atoms with E-state index in [-0.39, 0.29) is 0 Å². The van der Waals surface area contributed by atoms with E-state index in [4.69, 9.17) is 15.7 Å². The van der Waals surface area contributed by atoms with E-state index in [1.54, 1.807) is 18.0 Å². The number of likely N-dealkylation sites (N-methyl/N-ethyl adjacent to an activating group) is 1. The lowest BCUT2D eigenvalue weighted by atomic mass is 10.1. The summed E-state index contributed by atoms with van der Waals surface area (Å²) in [6, 6.07) is 18.4. The Bertz CT molecular complexity index is 1360. The van der Waals surface area contributed by atoms with E-state index in [0.29, 0.717) is 5.95 Å². The first-order chi connectivity index (χ1) is 17.7. The predicted octanol–water partition coefficient (Wildman–Crippen LogP) is 4.58. The van der Waals surface area contributed by atoms with Crippen molar-refractivity contribution in [3.63, 3.8) is 0 Å². The molecule has 0 bridgehead atoms. The van der Waals surface area contributed by atoms with Gasteiger partial charge in [-0.25, -0.2) is 15.0 Å². The second kappa shape index (κ2) is 9.83. The van der Waals surface area contributed by atoms with E-state index in [1.165, 1.54) is 5.69 Å². The summed E-state index contributed by atoms with van der Waals surface area (Å²) >= 11 is 1.77. The third kappa shape index (κ3) is 4.52. The highest BCUT2D eigenvalue weighted by molar-refractivity contribution is 7.99. The number of hydrogen-bond acceptors (Lipinski definition) is 8. The number of piperazine rings is 1. The number of nitrogen functional groups attached to an aromatic ring is 1. The number of aromatic nitrogens is 4. The summed E-state index contributed by atoms with van der Waals surface area (Å²) in [6.45, 7) is 8.62. The molecule has 1 fully saturated rings. The van der Waals surface area contributed by atoms with Crippen LogP contribution >= 0.6 is 11.8 Å². The Kier molecular flexibility index (Phi) is 6.25. The molecule has 1 saturated heterocycles. The van der Waals surface area contributed by atoms with Gasteiger partial charge in [0.25, 0.3) is 0 Å². The molecule has 4 aromatic rings. The summed E-state index contributed by atoms with van der Waals surface area (Å²) in [4.78, 5) is 19.3. The van der Waals surface area contributed by atoms with Crippen LogP contribution in [0.4, 0.5) is 23.0 Å². The molecule has 0 unspecified atom stereocenters. The van der Waals surface area contributed by atoms with Crippen LogP contribution in [0, 0.1) is 0 Å². The van der Waals surface area contributed by atoms with Gasteiger partial charge in [-0.15, -0.1) is 0 Å². The molecule has 2 aromatic carbocycles. The van der Waals surface area contributed by atoms with Crippen LogP contribution in [0.5, 0.6) is 0 Å². The minimum Gasteiger partial charge on any atom is -0.399 e. The van der Waals surface area contributed by atoms with Crippen LogP contribution in [0.25, 0.3) is 22.6 Å². The van der Waals surface area contributed by atoms with Crippen LogP contribution in [0.15, 0.2) is 66.0 Å². The second-order valence-electron chi connectivity index (χ2n) is 9.08. The fraction of sp³-hybridized carbons (Fsp3) is 0.296. The fourth-order valence-corrected chi connectivity index (χ4v) is 5.83. The Labute approximate surface area is 215 Å². The number of imidazole rings is 1. The van der Waals surface area contributed by atoms with Crippen molar-refractivity contribution in [2.45, 2.75) is 18.6 Å². The van der Waals surface area contributed by atoms with Crippen LogP contribution < -0.4 is 16.0 Å². The number of nitrogens with two attached hydrogens (primary N) is 1. The SMILES string of the molecule is CCN1CCN(c2ccc(Nc3nccc(-c4c(-c5cccc(N)c5)nc5n4CCS5)n3)cc2)CC1. The molecule has 2 aliphatic rings. The number of rotatable bonds is 6. The monoisotopic (exact) mass is 498 g/mol. The maximum Gasteiger partial charge on any atom is 0.227 e. The number of fused-ring (bicyclic) bond motifs is 1. The smallest absolute Gasteiger partial charge is 0.227 e. The Morgan fingerprint density at radius 1 is 0.972 bits per heavy atom. The molecule has 0 saturated carbocycles. The first-order valence-corrected chi connectivity index (χ1v) is 13.4. The topological polar surface area (TPSA) is 88.1 Å². The average molecular weight is 499 g/mol. The fourth-order valence-electron chi connectivity index (χ4n) is 4.88. The molecular formula is C27H30N8S. The highest BCUT2D eigenvalue weighted by Gasteiger charge is 2.25. The van der Waals surface area contributed by atoms with Gasteiger partial charge in [0, 0.05) is 67.3 Å². The lowest BCUT2D eigenvalue weighted by molar-refractivity contribution is 0.271. The number of thioether (sulfide) groups is 1. The molecule has 6 rings (SSSR count). The Balaban J connectivity index is 1.25. The third-order valence-electron chi connectivity index (χ3n) is 6.84. The molecule has 184 valence electrons. The normalized spacial score (nSPS) is 15.8. The molecule has 9 heteroatoms. The number of nitrogens with one attached hydrogen (secondary N) is 1. The van der Waals surface area contributed by atoms with Gasteiger partial charge in [-0.1, -0.05) is 30.8 Å². The molecule has 36 heavy (non-hydrogen) atoms. The van der Waals surface area contributed by atoms with Gasteiger partial charge >= 0.3 is 0 Å². The Morgan fingerprint density at radius 2 is 1.81 bits per heavy atom. The second-order valence-corrected chi connectivity index (χ2v) is 10.1. The van der Waals surface area contributed by atoms with Gasteiger partial charge in [-0.05, 0) is 49.0 Å². The van der Waals surface area contributed by atoms with Gasteiger partial charge in [0.1, 0.15) is 0 Å². The Hall–Kier alpha value is -3.56. The number of hydrogen-bond donors (Lipinski definition) is 2. The van der Waals surface area contributed by atoms with Crippen molar-refractivity contribution in [2.24, 2.45) is 0 Å². The molecule has 4 heterocycles. The summed E-state index contributed by atoms with van der Waals surface area (Å²) in [5.41, 5.74) is 12.8. The molecule has 0 atom stereocenters. The van der Waals surface area contributed by atoms with Crippen molar-refractivity contribution >= 4 is 34.8 Å². The zero-order chi connectivity index (χ0) is 24.5. The molecule has 0 radical (unpaired) electrons. The standard InChI is InChI=1S/C27H30N8S/c1-2-33-12-14-34(15-13-33)22-8-6-21(7-9-22)30-26-29-11-10-23(31-26)25-24(19-4-3-5-20(28)18-19)32-27-35(25)16-17-36-27/h3-11,18H,2,12-17,28H2,1H3,(H,29,30,31). The summed E-state index contributed by atoms with van der Waals surface area (Å²) in [5, 5.41) is 4.40. The molecule has 8 nitrogen and oxygen atoms in total. The maximum atomic E-state index is 6.08. The quantitative estimate of drug-likeness (QED) is 0.374. The van der Waals surface area contributed by atoms with Crippen molar-refractivity contribution in [1.29, 1.82) is 0 Å². The van der Waals surface area contributed by atoms with Crippen LogP contribution in [0.2, 0.25) is 0 Å². The molecule has 2 aliphatic heterocycles. The van der Waals surface area contributed by atoms with Crippen molar-refractivity contribution in [1.82, 2.24) is 24.4 Å². The van der Waals surface area contributed by atoms with E-state index in [9.17, 15) is 0 Å².